The summed E-state index contributed by atoms with van der Waals surface area (Å²) >= 11 is 0. The van der Waals surface area contributed by atoms with Crippen molar-refractivity contribution in [1.82, 2.24) is 0 Å². The van der Waals surface area contributed by atoms with Crippen molar-refractivity contribution in [2.45, 2.75) is 102 Å². The molecule has 2 fully saturated rings. The van der Waals surface area contributed by atoms with E-state index in [0.717, 1.165) is 37.5 Å². The number of hydrogen-bond acceptors (Lipinski definition) is 13. The molecule has 0 radical (unpaired) electrons. The number of carbonyl (C=O) groups is 3. The Morgan fingerprint density at radius 3 is 1.57 bits per heavy atom. The van der Waals surface area contributed by atoms with Gasteiger partial charge >= 0.3 is 17.9 Å². The zero-order chi connectivity index (χ0) is 37.7. The molecule has 1 N–H and O–H groups in total. The van der Waals surface area contributed by atoms with Crippen molar-refractivity contribution in [2.75, 3.05) is 13.3 Å². The van der Waals surface area contributed by atoms with Gasteiger partial charge in [0, 0.05) is 20.8 Å². The Labute approximate surface area is 307 Å². The Morgan fingerprint density at radius 1 is 0.585 bits per heavy atom. The van der Waals surface area contributed by atoms with E-state index >= 15 is 0 Å². The standard InChI is InChI=1S/C39H45FO13/c1-24(41)48-32-30(19-40)52-39(37(50-26(3)43)35(32)49-25(2)42)53-33-31(23-45-20-27-13-7-4-8-14-27)51-38(44)36(47-22-29-17-11-6-12-18-29)34(33)46-21-28-15-9-5-10-16-28/h4-18,30-39,44H,19-23H2,1-3H3/t30-,31-,32+,33-,34+,35+,36-,37-,38-,39+/m1/s1. The second-order valence-electron chi connectivity index (χ2n) is 12.6. The van der Waals surface area contributed by atoms with E-state index in [1.165, 1.54) is 0 Å². The Morgan fingerprint density at radius 2 is 1.06 bits per heavy atom. The highest BCUT2D eigenvalue weighted by Gasteiger charge is 2.56. The minimum absolute atomic E-state index is 0.0531. The van der Waals surface area contributed by atoms with Crippen LogP contribution < -0.4 is 0 Å². The van der Waals surface area contributed by atoms with Crippen molar-refractivity contribution in [3.8, 4) is 0 Å². The Kier molecular flexibility index (Phi) is 14.8. The van der Waals surface area contributed by atoms with Gasteiger partial charge in [-0.1, -0.05) is 91.0 Å². The van der Waals surface area contributed by atoms with E-state index in [9.17, 15) is 23.9 Å². The van der Waals surface area contributed by atoms with E-state index in [4.69, 9.17) is 42.6 Å². The van der Waals surface area contributed by atoms with Crippen molar-refractivity contribution >= 4 is 17.9 Å². The average molecular weight is 741 g/mol. The van der Waals surface area contributed by atoms with Gasteiger partial charge in [-0.25, -0.2) is 4.39 Å². The summed E-state index contributed by atoms with van der Waals surface area (Å²) in [5.41, 5.74) is 2.48. The van der Waals surface area contributed by atoms with Crippen LogP contribution in [0.25, 0.3) is 0 Å². The summed E-state index contributed by atoms with van der Waals surface area (Å²) in [6.07, 6.45) is -13.8. The molecular weight excluding hydrogens is 695 g/mol. The van der Waals surface area contributed by atoms with Gasteiger partial charge in [-0.3, -0.25) is 14.4 Å². The average Bonchev–Trinajstić information content (AvgIpc) is 3.14. The van der Waals surface area contributed by atoms with Crippen LogP contribution in [0.3, 0.4) is 0 Å². The number of carbonyl (C=O) groups excluding carboxylic acids is 3. The van der Waals surface area contributed by atoms with Gasteiger partial charge in [0.2, 0.25) is 0 Å². The second-order valence-corrected chi connectivity index (χ2v) is 12.6. The summed E-state index contributed by atoms with van der Waals surface area (Å²) in [5, 5.41) is 11.4. The summed E-state index contributed by atoms with van der Waals surface area (Å²) in [6, 6.07) is 27.9. The number of hydrogen-bond donors (Lipinski definition) is 1. The molecule has 0 unspecified atom stereocenters. The van der Waals surface area contributed by atoms with Crippen LogP contribution in [-0.2, 0) is 76.8 Å². The van der Waals surface area contributed by atoms with Gasteiger partial charge in [0.05, 0.1) is 26.4 Å². The molecule has 53 heavy (non-hydrogen) atoms. The predicted molar refractivity (Wildman–Crippen MR) is 183 cm³/mol. The van der Waals surface area contributed by atoms with Crippen LogP contribution in [0, 0.1) is 0 Å². The fraction of sp³-hybridized carbons (Fsp3) is 0.462. The van der Waals surface area contributed by atoms with Gasteiger partial charge in [-0.15, -0.1) is 0 Å². The van der Waals surface area contributed by atoms with E-state index in [1.54, 1.807) is 0 Å². The number of ether oxygens (including phenoxy) is 9. The van der Waals surface area contributed by atoms with Crippen LogP contribution in [0.15, 0.2) is 91.0 Å². The topological polar surface area (TPSA) is 155 Å². The third-order valence-electron chi connectivity index (χ3n) is 8.51. The summed E-state index contributed by atoms with van der Waals surface area (Å²) in [7, 11) is 0. The summed E-state index contributed by atoms with van der Waals surface area (Å²) < 4.78 is 68.5. The monoisotopic (exact) mass is 740 g/mol. The fourth-order valence-corrected chi connectivity index (χ4v) is 6.20. The van der Waals surface area contributed by atoms with Gasteiger partial charge in [-0.2, -0.15) is 0 Å². The first-order chi connectivity index (χ1) is 25.6. The Bertz CT molecular complexity index is 1580. The molecule has 3 aromatic carbocycles. The highest BCUT2D eigenvalue weighted by atomic mass is 19.1. The molecule has 10 atom stereocenters. The van der Waals surface area contributed by atoms with Gasteiger partial charge < -0.3 is 47.7 Å². The van der Waals surface area contributed by atoms with E-state index in [1.807, 2.05) is 91.0 Å². The first-order valence-corrected chi connectivity index (χ1v) is 17.3. The normalized spacial score (nSPS) is 28.5. The quantitative estimate of drug-likeness (QED) is 0.167. The largest absolute Gasteiger partial charge is 0.456 e. The number of aliphatic hydroxyl groups is 1. The Balaban J connectivity index is 1.51. The van der Waals surface area contributed by atoms with Gasteiger partial charge in [0.25, 0.3) is 0 Å². The van der Waals surface area contributed by atoms with Crippen molar-refractivity contribution in [3.05, 3.63) is 108 Å². The van der Waals surface area contributed by atoms with E-state index in [-0.39, 0.29) is 26.4 Å². The van der Waals surface area contributed by atoms with Crippen LogP contribution in [0.4, 0.5) is 4.39 Å². The SMILES string of the molecule is CC(=O)O[C@H]1[C@@H](OC(C)=O)[C@@H](CF)O[C@@H](O[C@H]2[C@H](OCc3ccccc3)[C@@H](OCc3ccccc3)[C@H](O)O[C@@H]2COCc2ccccc2)[C@@H]1OC(C)=O. The number of aliphatic hydroxyl groups excluding tert-OH is 1. The molecule has 0 saturated carbocycles. The van der Waals surface area contributed by atoms with E-state index in [2.05, 4.69) is 0 Å². The molecule has 13 nitrogen and oxygen atoms in total. The lowest BCUT2D eigenvalue weighted by Gasteiger charge is -2.48. The number of esters is 3. The molecule has 14 heteroatoms. The highest BCUT2D eigenvalue weighted by molar-refractivity contribution is 5.68. The molecule has 286 valence electrons. The third kappa shape index (κ3) is 11.4. The molecule has 2 aliphatic rings. The molecule has 2 saturated heterocycles. The molecule has 0 amide bonds. The second kappa shape index (κ2) is 19.7. The third-order valence-corrected chi connectivity index (χ3v) is 8.51. The van der Waals surface area contributed by atoms with E-state index < -0.39 is 86.0 Å². The highest BCUT2D eigenvalue weighted by Crippen LogP contribution is 2.35. The molecule has 0 bridgehead atoms. The molecule has 3 aromatic rings. The van der Waals surface area contributed by atoms with Crippen LogP contribution in [0.5, 0.6) is 0 Å². The molecule has 2 aliphatic heterocycles. The smallest absolute Gasteiger partial charge is 0.303 e. The molecule has 2 heterocycles. The maximum Gasteiger partial charge on any atom is 0.303 e. The van der Waals surface area contributed by atoms with Gasteiger partial charge in [0.1, 0.15) is 37.2 Å². The fourth-order valence-electron chi connectivity index (χ4n) is 6.20. The van der Waals surface area contributed by atoms with Crippen LogP contribution in [-0.4, -0.2) is 97.7 Å². The lowest BCUT2D eigenvalue weighted by atomic mass is 9.96. The van der Waals surface area contributed by atoms with Crippen molar-refractivity contribution in [1.29, 1.82) is 0 Å². The minimum Gasteiger partial charge on any atom is -0.456 e. The molecule has 0 aliphatic carbocycles. The van der Waals surface area contributed by atoms with Crippen LogP contribution >= 0.6 is 0 Å². The maximum absolute atomic E-state index is 14.7. The lowest BCUT2D eigenvalue weighted by Crippen LogP contribution is -2.66. The molecule has 0 spiro atoms. The van der Waals surface area contributed by atoms with Gasteiger partial charge in [0.15, 0.2) is 30.9 Å². The van der Waals surface area contributed by atoms with Crippen molar-refractivity contribution in [3.63, 3.8) is 0 Å². The number of alkyl halides is 1. The maximum atomic E-state index is 14.7. The predicted octanol–water partition coefficient (Wildman–Crippen LogP) is 3.97. The zero-order valence-corrected chi connectivity index (χ0v) is 29.7. The number of benzene rings is 3. The van der Waals surface area contributed by atoms with Crippen LogP contribution in [0.1, 0.15) is 37.5 Å². The number of halogens is 1. The summed E-state index contributed by atoms with van der Waals surface area (Å²) in [6.45, 7) is 2.29. The minimum atomic E-state index is -1.63. The zero-order valence-electron chi connectivity index (χ0n) is 29.7. The number of rotatable bonds is 16. The summed E-state index contributed by atoms with van der Waals surface area (Å²) in [4.78, 5) is 36.9. The molecule has 0 aromatic heterocycles. The summed E-state index contributed by atoms with van der Waals surface area (Å²) in [5.74, 6) is -2.45. The first-order valence-electron chi connectivity index (χ1n) is 17.3. The van der Waals surface area contributed by atoms with Crippen molar-refractivity contribution < 1.29 is 66.5 Å². The Hall–Kier alpha value is -4.28. The van der Waals surface area contributed by atoms with Crippen LogP contribution in [0.2, 0.25) is 0 Å². The first kappa shape index (κ1) is 39.9. The van der Waals surface area contributed by atoms with Gasteiger partial charge in [-0.05, 0) is 16.7 Å². The molecule has 5 rings (SSSR count). The lowest BCUT2D eigenvalue weighted by molar-refractivity contribution is -0.364. The molecular formula is C39H45FO13. The van der Waals surface area contributed by atoms with E-state index in [0.29, 0.717) is 0 Å². The van der Waals surface area contributed by atoms with Crippen molar-refractivity contribution in [2.24, 2.45) is 0 Å².